The molecule has 5 nitrogen and oxygen atoms in total. The zero-order chi connectivity index (χ0) is 18.9. The number of hydrogen-bond donors (Lipinski definition) is 2. The van der Waals surface area contributed by atoms with Gasteiger partial charge in [-0.2, -0.15) is 0 Å². The van der Waals surface area contributed by atoms with Crippen molar-refractivity contribution in [1.29, 1.82) is 0 Å². The molecule has 138 valence electrons. The number of hydrogen-bond acceptors (Lipinski definition) is 4. The molecule has 0 bridgehead atoms. The minimum Gasteiger partial charge on any atom is -0.342 e. The Labute approximate surface area is 162 Å². The first kappa shape index (κ1) is 18.8. The van der Waals surface area contributed by atoms with Crippen molar-refractivity contribution >= 4 is 23.2 Å². The fourth-order valence-corrected chi connectivity index (χ4v) is 3.25. The first-order valence-corrected chi connectivity index (χ1v) is 9.52. The summed E-state index contributed by atoms with van der Waals surface area (Å²) in [7, 11) is 0. The van der Waals surface area contributed by atoms with Crippen molar-refractivity contribution in [3.05, 3.63) is 94.2 Å². The van der Waals surface area contributed by atoms with Crippen LogP contribution in [0.3, 0.4) is 0 Å². The maximum Gasteiger partial charge on any atom is 0.261 e. The molecule has 0 atom stereocenters. The Balaban J connectivity index is 1.59. The van der Waals surface area contributed by atoms with Crippen molar-refractivity contribution in [2.45, 2.75) is 13.1 Å². The lowest BCUT2D eigenvalue weighted by atomic mass is 10.2. The fourth-order valence-electron chi connectivity index (χ4n) is 2.61. The molecule has 0 aliphatic carbocycles. The van der Waals surface area contributed by atoms with Crippen LogP contribution in [0.15, 0.2) is 78.2 Å². The van der Waals surface area contributed by atoms with Crippen LogP contribution in [0.5, 0.6) is 0 Å². The number of carbonyl (C=O) groups excluding carboxylic acids is 2. The molecule has 0 radical (unpaired) electrons. The van der Waals surface area contributed by atoms with E-state index >= 15 is 0 Å². The lowest BCUT2D eigenvalue weighted by Gasteiger charge is -2.23. The van der Waals surface area contributed by atoms with Crippen LogP contribution in [0, 0.1) is 0 Å². The number of carbonyl (C=O) groups is 2. The molecular formula is C21H21N3O2S. The Morgan fingerprint density at radius 2 is 1.41 bits per heavy atom. The quantitative estimate of drug-likeness (QED) is 0.591. The van der Waals surface area contributed by atoms with Crippen LogP contribution >= 0.6 is 11.3 Å². The van der Waals surface area contributed by atoms with E-state index < -0.39 is 0 Å². The van der Waals surface area contributed by atoms with Gasteiger partial charge in [-0.1, -0.05) is 66.7 Å². The minimum atomic E-state index is -0.258. The molecule has 1 heterocycles. The summed E-state index contributed by atoms with van der Waals surface area (Å²) in [6.07, 6.45) is 0. The summed E-state index contributed by atoms with van der Waals surface area (Å²) >= 11 is 1.35. The molecule has 0 saturated heterocycles. The summed E-state index contributed by atoms with van der Waals surface area (Å²) in [5.41, 5.74) is 5.09. The first-order chi connectivity index (χ1) is 13.2. The molecule has 2 amide bonds. The summed E-state index contributed by atoms with van der Waals surface area (Å²) in [6.45, 7) is 1.07. The number of amides is 2. The number of benzene rings is 2. The van der Waals surface area contributed by atoms with Gasteiger partial charge in [-0.15, -0.1) is 11.3 Å². The van der Waals surface area contributed by atoms with Crippen LogP contribution in [-0.2, 0) is 17.9 Å². The SMILES string of the molecule is O=C(CNC(=O)c1cccs1)NN(Cc1ccccc1)Cc1ccccc1. The Bertz CT molecular complexity index is 810. The zero-order valence-electron chi connectivity index (χ0n) is 14.8. The summed E-state index contributed by atoms with van der Waals surface area (Å²) in [4.78, 5) is 24.9. The van der Waals surface area contributed by atoms with Crippen LogP contribution in [0.2, 0.25) is 0 Å². The second-order valence-electron chi connectivity index (χ2n) is 6.02. The van der Waals surface area contributed by atoms with E-state index in [2.05, 4.69) is 10.7 Å². The number of rotatable bonds is 8. The fraction of sp³-hybridized carbons (Fsp3) is 0.143. The molecule has 0 unspecified atom stereocenters. The average molecular weight is 379 g/mol. The molecule has 27 heavy (non-hydrogen) atoms. The molecule has 2 aromatic carbocycles. The monoisotopic (exact) mass is 379 g/mol. The minimum absolute atomic E-state index is 0.0726. The van der Waals surface area contributed by atoms with Crippen LogP contribution < -0.4 is 10.7 Å². The zero-order valence-corrected chi connectivity index (χ0v) is 15.6. The molecule has 3 rings (SSSR count). The van der Waals surface area contributed by atoms with Gasteiger partial charge in [0.05, 0.1) is 11.4 Å². The third-order valence-electron chi connectivity index (χ3n) is 3.87. The molecule has 6 heteroatoms. The molecule has 0 spiro atoms. The van der Waals surface area contributed by atoms with Gasteiger partial charge in [0.15, 0.2) is 0 Å². The predicted octanol–water partition coefficient (Wildman–Crippen LogP) is 3.21. The summed E-state index contributed by atoms with van der Waals surface area (Å²) in [6, 6.07) is 23.4. The maximum absolute atomic E-state index is 12.3. The molecule has 2 N–H and O–H groups in total. The number of nitrogens with one attached hydrogen (secondary N) is 2. The van der Waals surface area contributed by atoms with Gasteiger partial charge < -0.3 is 5.32 Å². The van der Waals surface area contributed by atoms with Gasteiger partial charge in [-0.25, -0.2) is 5.01 Å². The molecule has 1 aromatic heterocycles. The second kappa shape index (κ2) is 9.66. The van der Waals surface area contributed by atoms with E-state index in [0.29, 0.717) is 18.0 Å². The molecule has 0 aliphatic heterocycles. The van der Waals surface area contributed by atoms with Crippen molar-refractivity contribution in [1.82, 2.24) is 15.8 Å². The largest absolute Gasteiger partial charge is 0.342 e. The van der Waals surface area contributed by atoms with Gasteiger partial charge in [0.2, 0.25) is 0 Å². The number of nitrogens with zero attached hydrogens (tertiary/aromatic N) is 1. The van der Waals surface area contributed by atoms with Gasteiger partial charge in [-0.05, 0) is 22.6 Å². The van der Waals surface area contributed by atoms with Crippen LogP contribution in [0.4, 0.5) is 0 Å². The lowest BCUT2D eigenvalue weighted by Crippen LogP contribution is -2.45. The average Bonchev–Trinajstić information content (AvgIpc) is 3.22. The Morgan fingerprint density at radius 3 is 1.93 bits per heavy atom. The molecule has 3 aromatic rings. The lowest BCUT2D eigenvalue weighted by molar-refractivity contribution is -0.125. The summed E-state index contributed by atoms with van der Waals surface area (Å²) in [5, 5.41) is 6.33. The van der Waals surface area contributed by atoms with E-state index in [1.165, 1.54) is 11.3 Å². The number of thiophene rings is 1. The van der Waals surface area contributed by atoms with Gasteiger partial charge in [0.1, 0.15) is 0 Å². The van der Waals surface area contributed by atoms with Crippen LogP contribution in [0.25, 0.3) is 0 Å². The third-order valence-corrected chi connectivity index (χ3v) is 4.74. The highest BCUT2D eigenvalue weighted by Crippen LogP contribution is 2.09. The summed E-state index contributed by atoms with van der Waals surface area (Å²) < 4.78 is 0. The van der Waals surface area contributed by atoms with Gasteiger partial charge in [-0.3, -0.25) is 15.0 Å². The van der Waals surface area contributed by atoms with E-state index in [9.17, 15) is 9.59 Å². The van der Waals surface area contributed by atoms with Crippen LogP contribution in [-0.4, -0.2) is 23.4 Å². The van der Waals surface area contributed by atoms with E-state index in [1.54, 1.807) is 12.1 Å². The Kier molecular flexibility index (Phi) is 6.73. The first-order valence-electron chi connectivity index (χ1n) is 8.65. The van der Waals surface area contributed by atoms with Crippen molar-refractivity contribution < 1.29 is 9.59 Å². The van der Waals surface area contributed by atoms with Crippen molar-refractivity contribution in [2.24, 2.45) is 0 Å². The Hall–Kier alpha value is -2.96. The molecule has 0 aliphatic rings. The third kappa shape index (κ3) is 6.06. The van der Waals surface area contributed by atoms with Gasteiger partial charge >= 0.3 is 0 Å². The molecular weight excluding hydrogens is 358 g/mol. The van der Waals surface area contributed by atoms with Crippen molar-refractivity contribution in [2.75, 3.05) is 6.54 Å². The van der Waals surface area contributed by atoms with E-state index in [0.717, 1.165) is 11.1 Å². The second-order valence-corrected chi connectivity index (χ2v) is 6.97. The maximum atomic E-state index is 12.3. The normalized spacial score (nSPS) is 10.6. The standard InChI is InChI=1S/C21H21N3O2S/c25-20(14-22-21(26)19-12-7-13-27-19)23-24(15-17-8-3-1-4-9-17)16-18-10-5-2-6-11-18/h1-13H,14-16H2,(H,22,26)(H,23,25). The highest BCUT2D eigenvalue weighted by atomic mass is 32.1. The summed E-state index contributed by atoms with van der Waals surface area (Å²) in [5.74, 6) is -0.496. The van der Waals surface area contributed by atoms with E-state index in [-0.39, 0.29) is 18.4 Å². The van der Waals surface area contributed by atoms with Crippen LogP contribution in [0.1, 0.15) is 20.8 Å². The topological polar surface area (TPSA) is 61.4 Å². The predicted molar refractivity (Wildman–Crippen MR) is 107 cm³/mol. The highest BCUT2D eigenvalue weighted by Gasteiger charge is 2.13. The van der Waals surface area contributed by atoms with Gasteiger partial charge in [0.25, 0.3) is 11.8 Å². The van der Waals surface area contributed by atoms with E-state index in [4.69, 9.17) is 0 Å². The van der Waals surface area contributed by atoms with Gasteiger partial charge in [0, 0.05) is 13.1 Å². The molecule has 0 fully saturated rings. The molecule has 0 saturated carbocycles. The number of hydrazine groups is 1. The highest BCUT2D eigenvalue weighted by molar-refractivity contribution is 7.12. The van der Waals surface area contributed by atoms with Crippen molar-refractivity contribution in [3.63, 3.8) is 0 Å². The smallest absolute Gasteiger partial charge is 0.261 e. The van der Waals surface area contributed by atoms with E-state index in [1.807, 2.05) is 71.1 Å². The van der Waals surface area contributed by atoms with Crippen molar-refractivity contribution in [3.8, 4) is 0 Å². The Morgan fingerprint density at radius 1 is 0.815 bits per heavy atom.